The summed E-state index contributed by atoms with van der Waals surface area (Å²) in [5.41, 5.74) is 7.35. The van der Waals surface area contributed by atoms with Gasteiger partial charge in [0.05, 0.1) is 13.2 Å². The molecule has 3 N–H and O–H groups in total. The molecule has 3 nitrogen and oxygen atoms in total. The lowest BCUT2D eigenvalue weighted by Crippen LogP contribution is -2.20. The van der Waals surface area contributed by atoms with Gasteiger partial charge in [0, 0.05) is 17.3 Å². The molecular weight excluding hydrogens is 279 g/mol. The van der Waals surface area contributed by atoms with Crippen LogP contribution in [0.4, 0.5) is 10.1 Å². The fraction of sp³-hybridized carbons (Fsp3) is 0.200. The van der Waals surface area contributed by atoms with E-state index in [0.29, 0.717) is 17.3 Å². The monoisotopic (exact) mass is 294 g/mol. The lowest BCUT2D eigenvalue weighted by Gasteiger charge is -2.19. The second-order valence-electron chi connectivity index (χ2n) is 4.37. The summed E-state index contributed by atoms with van der Waals surface area (Å²) in [6.07, 6.45) is 0. The van der Waals surface area contributed by atoms with E-state index in [2.05, 4.69) is 5.32 Å². The second kappa shape index (κ2) is 6.59. The molecular formula is C15H16ClFN2O. The molecule has 2 rings (SSSR count). The number of rotatable bonds is 5. The molecule has 0 bridgehead atoms. The number of nitrogens with one attached hydrogen (secondary N) is 1. The van der Waals surface area contributed by atoms with Crippen molar-refractivity contribution in [2.45, 2.75) is 6.04 Å². The summed E-state index contributed by atoms with van der Waals surface area (Å²) < 4.78 is 18.5. The van der Waals surface area contributed by atoms with E-state index in [9.17, 15) is 4.39 Å². The van der Waals surface area contributed by atoms with Crippen LogP contribution in [0.25, 0.3) is 0 Å². The van der Waals surface area contributed by atoms with Crippen molar-refractivity contribution in [1.29, 1.82) is 0 Å². The molecule has 0 spiro atoms. The minimum absolute atomic E-state index is 0.150. The molecule has 1 unspecified atom stereocenters. The van der Waals surface area contributed by atoms with Gasteiger partial charge in [-0.05, 0) is 35.9 Å². The Morgan fingerprint density at radius 2 is 2.10 bits per heavy atom. The number of benzene rings is 2. The molecule has 0 saturated carbocycles. The lowest BCUT2D eigenvalue weighted by atomic mass is 10.1. The van der Waals surface area contributed by atoms with Gasteiger partial charge in [-0.1, -0.05) is 23.7 Å². The molecule has 0 saturated heterocycles. The maximum absolute atomic E-state index is 13.3. The highest BCUT2D eigenvalue weighted by molar-refractivity contribution is 6.30. The summed E-state index contributed by atoms with van der Waals surface area (Å²) in [6.45, 7) is 0.362. The highest BCUT2D eigenvalue weighted by atomic mass is 35.5. The predicted octanol–water partition coefficient (Wildman–Crippen LogP) is 3.60. The van der Waals surface area contributed by atoms with Gasteiger partial charge in [0.2, 0.25) is 0 Å². The van der Waals surface area contributed by atoms with Crippen LogP contribution in [0.15, 0.2) is 42.5 Å². The zero-order valence-corrected chi connectivity index (χ0v) is 11.8. The van der Waals surface area contributed by atoms with Gasteiger partial charge >= 0.3 is 0 Å². The highest BCUT2D eigenvalue weighted by Crippen LogP contribution is 2.25. The molecule has 0 heterocycles. The summed E-state index contributed by atoms with van der Waals surface area (Å²) in [5, 5.41) is 3.51. The molecule has 5 heteroatoms. The highest BCUT2D eigenvalue weighted by Gasteiger charge is 2.11. The Balaban J connectivity index is 2.23. The SMILES string of the molecule is COc1cccc(C(CN)Nc2cc(F)cc(Cl)c2)c1. The fourth-order valence-corrected chi connectivity index (χ4v) is 2.20. The van der Waals surface area contributed by atoms with Crippen LogP contribution >= 0.6 is 11.6 Å². The van der Waals surface area contributed by atoms with Gasteiger partial charge in [-0.2, -0.15) is 0 Å². The summed E-state index contributed by atoms with van der Waals surface area (Å²) in [6, 6.07) is 11.7. The van der Waals surface area contributed by atoms with E-state index in [1.807, 2.05) is 24.3 Å². The molecule has 0 aromatic heterocycles. The van der Waals surface area contributed by atoms with Gasteiger partial charge in [0.25, 0.3) is 0 Å². The van der Waals surface area contributed by atoms with E-state index in [1.165, 1.54) is 12.1 Å². The number of halogens is 2. The van der Waals surface area contributed by atoms with Crippen LogP contribution in [-0.2, 0) is 0 Å². The van der Waals surface area contributed by atoms with Crippen LogP contribution in [0, 0.1) is 5.82 Å². The van der Waals surface area contributed by atoms with Gasteiger partial charge in [-0.25, -0.2) is 4.39 Å². The smallest absolute Gasteiger partial charge is 0.126 e. The van der Waals surface area contributed by atoms with Gasteiger partial charge in [0.1, 0.15) is 11.6 Å². The average molecular weight is 295 g/mol. The van der Waals surface area contributed by atoms with Crippen molar-refractivity contribution in [3.05, 3.63) is 58.9 Å². The first-order valence-electron chi connectivity index (χ1n) is 6.19. The van der Waals surface area contributed by atoms with Gasteiger partial charge in [0.15, 0.2) is 0 Å². The van der Waals surface area contributed by atoms with Gasteiger partial charge in [-0.3, -0.25) is 0 Å². The molecule has 0 aliphatic carbocycles. The van der Waals surface area contributed by atoms with Crippen molar-refractivity contribution in [1.82, 2.24) is 0 Å². The molecule has 20 heavy (non-hydrogen) atoms. The number of ether oxygens (including phenoxy) is 1. The third-order valence-corrected chi connectivity index (χ3v) is 3.15. The maximum atomic E-state index is 13.3. The summed E-state index contributed by atoms with van der Waals surface area (Å²) in [4.78, 5) is 0. The van der Waals surface area contributed by atoms with Crippen LogP contribution in [0.3, 0.4) is 0 Å². The Morgan fingerprint density at radius 3 is 2.75 bits per heavy atom. The zero-order chi connectivity index (χ0) is 14.5. The molecule has 0 amide bonds. The molecule has 106 valence electrons. The van der Waals surface area contributed by atoms with Crippen LogP contribution in [0.5, 0.6) is 5.75 Å². The Morgan fingerprint density at radius 1 is 1.30 bits per heavy atom. The molecule has 1 atom stereocenters. The Bertz CT molecular complexity index is 572. The van der Waals surface area contributed by atoms with Gasteiger partial charge < -0.3 is 15.8 Å². The van der Waals surface area contributed by atoms with E-state index >= 15 is 0 Å². The summed E-state index contributed by atoms with van der Waals surface area (Å²) in [7, 11) is 1.61. The Kier molecular flexibility index (Phi) is 4.82. The number of anilines is 1. The van der Waals surface area contributed by atoms with Crippen LogP contribution in [-0.4, -0.2) is 13.7 Å². The minimum atomic E-state index is -0.388. The van der Waals surface area contributed by atoms with E-state index in [1.54, 1.807) is 13.2 Å². The largest absolute Gasteiger partial charge is 0.497 e. The quantitative estimate of drug-likeness (QED) is 0.886. The average Bonchev–Trinajstić information content (AvgIpc) is 2.44. The number of methoxy groups -OCH3 is 1. The van der Waals surface area contributed by atoms with Gasteiger partial charge in [-0.15, -0.1) is 0 Å². The molecule has 0 aliphatic rings. The molecule has 0 aliphatic heterocycles. The second-order valence-corrected chi connectivity index (χ2v) is 4.80. The van der Waals surface area contributed by atoms with E-state index in [4.69, 9.17) is 22.1 Å². The number of nitrogens with two attached hydrogens (primary N) is 1. The number of hydrogen-bond acceptors (Lipinski definition) is 3. The van der Waals surface area contributed by atoms with Crippen molar-refractivity contribution >= 4 is 17.3 Å². The van der Waals surface area contributed by atoms with Crippen LogP contribution in [0.1, 0.15) is 11.6 Å². The molecule has 2 aromatic rings. The molecule has 0 radical (unpaired) electrons. The first kappa shape index (κ1) is 14.6. The first-order valence-corrected chi connectivity index (χ1v) is 6.57. The molecule has 2 aromatic carbocycles. The number of hydrogen-bond donors (Lipinski definition) is 2. The van der Waals surface area contributed by atoms with Crippen LogP contribution in [0.2, 0.25) is 5.02 Å². The fourth-order valence-electron chi connectivity index (χ4n) is 1.97. The maximum Gasteiger partial charge on any atom is 0.126 e. The molecule has 0 fully saturated rings. The Labute approximate surface area is 122 Å². The standard InChI is InChI=1S/C15H16ClFN2O/c1-20-14-4-2-3-10(5-14)15(9-18)19-13-7-11(16)6-12(17)8-13/h2-8,15,19H,9,18H2,1H3. The lowest BCUT2D eigenvalue weighted by molar-refractivity contribution is 0.414. The minimum Gasteiger partial charge on any atom is -0.497 e. The van der Waals surface area contributed by atoms with E-state index in [-0.39, 0.29) is 11.9 Å². The van der Waals surface area contributed by atoms with Crippen molar-refractivity contribution in [3.8, 4) is 5.75 Å². The van der Waals surface area contributed by atoms with Crippen molar-refractivity contribution < 1.29 is 9.13 Å². The zero-order valence-electron chi connectivity index (χ0n) is 11.1. The summed E-state index contributed by atoms with van der Waals surface area (Å²) in [5.74, 6) is 0.362. The normalized spacial score (nSPS) is 12.0. The van der Waals surface area contributed by atoms with E-state index in [0.717, 1.165) is 11.3 Å². The first-order chi connectivity index (χ1) is 9.62. The predicted molar refractivity (Wildman–Crippen MR) is 79.8 cm³/mol. The third kappa shape index (κ3) is 3.62. The van der Waals surface area contributed by atoms with Crippen molar-refractivity contribution in [2.75, 3.05) is 19.0 Å². The van der Waals surface area contributed by atoms with Crippen molar-refractivity contribution in [2.24, 2.45) is 5.73 Å². The van der Waals surface area contributed by atoms with E-state index < -0.39 is 0 Å². The Hall–Kier alpha value is -1.78. The topological polar surface area (TPSA) is 47.3 Å². The van der Waals surface area contributed by atoms with Crippen LogP contribution < -0.4 is 15.8 Å². The third-order valence-electron chi connectivity index (χ3n) is 2.94. The van der Waals surface area contributed by atoms with Crippen molar-refractivity contribution in [3.63, 3.8) is 0 Å². The summed E-state index contributed by atoms with van der Waals surface area (Å²) >= 11 is 5.84.